The molecular formula is C13H17N3. The molecule has 0 unspecified atom stereocenters. The number of para-hydroxylation sites is 2. The van der Waals surface area contributed by atoms with Gasteiger partial charge in [0.05, 0.1) is 17.9 Å². The van der Waals surface area contributed by atoms with Crippen molar-refractivity contribution in [2.24, 2.45) is 4.99 Å². The molecule has 3 nitrogen and oxygen atoms in total. The second-order valence-corrected chi connectivity index (χ2v) is 4.43. The highest BCUT2D eigenvalue weighted by Crippen LogP contribution is 2.33. The first-order valence-corrected chi connectivity index (χ1v) is 6.04. The third-order valence-corrected chi connectivity index (χ3v) is 3.45. The van der Waals surface area contributed by atoms with Crippen LogP contribution in [0.4, 0.5) is 11.4 Å². The number of fused-ring (bicyclic) bond motifs is 1. The first-order chi connectivity index (χ1) is 7.95. The van der Waals surface area contributed by atoms with Gasteiger partial charge in [0, 0.05) is 12.3 Å². The molecule has 1 fully saturated rings. The van der Waals surface area contributed by atoms with Gasteiger partial charge in [-0.3, -0.25) is 4.99 Å². The van der Waals surface area contributed by atoms with Gasteiger partial charge in [-0.25, -0.2) is 0 Å². The minimum absolute atomic E-state index is 0.675. The zero-order valence-corrected chi connectivity index (χ0v) is 9.39. The van der Waals surface area contributed by atoms with E-state index in [0.29, 0.717) is 6.04 Å². The van der Waals surface area contributed by atoms with Crippen LogP contribution in [0.3, 0.4) is 0 Å². The second kappa shape index (κ2) is 4.26. The fraction of sp³-hybridized carbons (Fsp3) is 0.462. The molecule has 1 aromatic carbocycles. The number of hydrogen-bond donors (Lipinski definition) is 1. The van der Waals surface area contributed by atoms with Gasteiger partial charge in [-0.05, 0) is 38.1 Å². The molecule has 3 heteroatoms. The van der Waals surface area contributed by atoms with E-state index >= 15 is 0 Å². The van der Waals surface area contributed by atoms with Crippen LogP contribution in [0.15, 0.2) is 29.3 Å². The number of nitrogens with zero attached hydrogens (tertiary/aromatic N) is 2. The lowest BCUT2D eigenvalue weighted by Crippen LogP contribution is -2.44. The Morgan fingerprint density at radius 3 is 2.88 bits per heavy atom. The number of nitrogens with one attached hydrogen (secondary N) is 1. The van der Waals surface area contributed by atoms with Gasteiger partial charge in [-0.1, -0.05) is 12.1 Å². The SMILES string of the molecule is C1=Nc2ccccc2N(C2CCNCC2)C1. The standard InChI is InChI=1S/C13H17N3/c1-2-4-13-12(3-1)15-9-10-16(13)11-5-7-14-8-6-11/h1-4,9,11,14H,5-8,10H2. The third-order valence-electron chi connectivity index (χ3n) is 3.45. The Bertz CT molecular complexity index is 394. The van der Waals surface area contributed by atoms with Crippen LogP contribution in [-0.2, 0) is 0 Å². The Morgan fingerprint density at radius 2 is 2.00 bits per heavy atom. The molecule has 0 spiro atoms. The molecule has 16 heavy (non-hydrogen) atoms. The van der Waals surface area contributed by atoms with Crippen LogP contribution in [0.25, 0.3) is 0 Å². The number of hydrogen-bond acceptors (Lipinski definition) is 3. The highest BCUT2D eigenvalue weighted by molar-refractivity contribution is 5.81. The first kappa shape index (κ1) is 9.85. The molecule has 1 N–H and O–H groups in total. The summed E-state index contributed by atoms with van der Waals surface area (Å²) in [4.78, 5) is 6.96. The third kappa shape index (κ3) is 1.71. The van der Waals surface area contributed by atoms with Gasteiger partial charge in [0.15, 0.2) is 0 Å². The van der Waals surface area contributed by atoms with Gasteiger partial charge in [0.2, 0.25) is 0 Å². The van der Waals surface area contributed by atoms with Crippen molar-refractivity contribution >= 4 is 17.6 Å². The van der Waals surface area contributed by atoms with E-state index < -0.39 is 0 Å². The predicted molar refractivity (Wildman–Crippen MR) is 67.8 cm³/mol. The lowest BCUT2D eigenvalue weighted by atomic mass is 10.0. The molecule has 0 atom stereocenters. The molecule has 0 bridgehead atoms. The lowest BCUT2D eigenvalue weighted by molar-refractivity contribution is 0.439. The summed E-state index contributed by atoms with van der Waals surface area (Å²) in [5.74, 6) is 0. The van der Waals surface area contributed by atoms with E-state index in [-0.39, 0.29) is 0 Å². The topological polar surface area (TPSA) is 27.6 Å². The Morgan fingerprint density at radius 1 is 1.19 bits per heavy atom. The van der Waals surface area contributed by atoms with Gasteiger partial charge in [-0.2, -0.15) is 0 Å². The van der Waals surface area contributed by atoms with Crippen LogP contribution >= 0.6 is 0 Å². The highest BCUT2D eigenvalue weighted by Gasteiger charge is 2.23. The van der Waals surface area contributed by atoms with Crippen molar-refractivity contribution in [2.45, 2.75) is 18.9 Å². The van der Waals surface area contributed by atoms with Crippen LogP contribution in [0.5, 0.6) is 0 Å². The molecule has 1 saturated heterocycles. The molecular weight excluding hydrogens is 198 g/mol. The predicted octanol–water partition coefficient (Wildman–Crippen LogP) is 1.96. The Balaban J connectivity index is 1.88. The van der Waals surface area contributed by atoms with Crippen LogP contribution in [0, 0.1) is 0 Å². The Hall–Kier alpha value is -1.35. The smallest absolute Gasteiger partial charge is 0.0860 e. The molecule has 0 aliphatic carbocycles. The van der Waals surface area contributed by atoms with Crippen molar-refractivity contribution in [3.05, 3.63) is 24.3 Å². The number of benzene rings is 1. The van der Waals surface area contributed by atoms with Crippen molar-refractivity contribution < 1.29 is 0 Å². The van der Waals surface area contributed by atoms with Gasteiger partial charge >= 0.3 is 0 Å². The van der Waals surface area contributed by atoms with E-state index in [4.69, 9.17) is 0 Å². The van der Waals surface area contributed by atoms with Crippen LogP contribution in [-0.4, -0.2) is 31.9 Å². The van der Waals surface area contributed by atoms with Crippen molar-refractivity contribution in [1.29, 1.82) is 0 Å². The molecule has 0 amide bonds. The average Bonchev–Trinajstić information content (AvgIpc) is 2.39. The summed E-state index contributed by atoms with van der Waals surface area (Å²) in [5, 5.41) is 3.42. The van der Waals surface area contributed by atoms with Crippen molar-refractivity contribution in [2.75, 3.05) is 24.5 Å². The number of piperidine rings is 1. The summed E-state index contributed by atoms with van der Waals surface area (Å²) >= 11 is 0. The maximum Gasteiger partial charge on any atom is 0.0860 e. The summed E-state index contributed by atoms with van der Waals surface area (Å²) in [5.41, 5.74) is 2.42. The van der Waals surface area contributed by atoms with Gasteiger partial charge < -0.3 is 10.2 Å². The summed E-state index contributed by atoms with van der Waals surface area (Å²) in [6, 6.07) is 9.12. The van der Waals surface area contributed by atoms with E-state index in [9.17, 15) is 0 Å². The molecule has 0 aromatic heterocycles. The Kier molecular flexibility index (Phi) is 2.62. The zero-order valence-electron chi connectivity index (χ0n) is 9.39. The summed E-state index contributed by atoms with van der Waals surface area (Å²) in [6.45, 7) is 3.24. The number of anilines is 1. The van der Waals surface area contributed by atoms with Crippen LogP contribution < -0.4 is 10.2 Å². The van der Waals surface area contributed by atoms with Crippen molar-refractivity contribution in [1.82, 2.24) is 5.32 Å². The van der Waals surface area contributed by atoms with Gasteiger partial charge in [0.25, 0.3) is 0 Å². The monoisotopic (exact) mass is 215 g/mol. The molecule has 84 valence electrons. The van der Waals surface area contributed by atoms with Crippen molar-refractivity contribution in [3.8, 4) is 0 Å². The van der Waals surface area contributed by atoms with E-state index in [1.807, 2.05) is 6.21 Å². The molecule has 1 aromatic rings. The quantitative estimate of drug-likeness (QED) is 0.775. The normalized spacial score (nSPS) is 20.9. The van der Waals surface area contributed by atoms with E-state index in [0.717, 1.165) is 25.3 Å². The summed E-state index contributed by atoms with van der Waals surface area (Å²) in [6.07, 6.45) is 4.51. The molecule has 2 heterocycles. The Labute approximate surface area is 96.2 Å². The molecule has 2 aliphatic rings. The van der Waals surface area contributed by atoms with E-state index in [2.05, 4.69) is 39.5 Å². The number of aliphatic imine (C=N–C) groups is 1. The maximum absolute atomic E-state index is 4.46. The maximum atomic E-state index is 4.46. The van der Waals surface area contributed by atoms with Crippen molar-refractivity contribution in [3.63, 3.8) is 0 Å². The molecule has 2 aliphatic heterocycles. The largest absolute Gasteiger partial charge is 0.361 e. The van der Waals surface area contributed by atoms with E-state index in [1.165, 1.54) is 18.5 Å². The van der Waals surface area contributed by atoms with Crippen LogP contribution in [0.1, 0.15) is 12.8 Å². The molecule has 3 rings (SSSR count). The van der Waals surface area contributed by atoms with Gasteiger partial charge in [0.1, 0.15) is 0 Å². The first-order valence-electron chi connectivity index (χ1n) is 6.04. The highest BCUT2D eigenvalue weighted by atomic mass is 15.2. The molecule has 0 radical (unpaired) electrons. The fourth-order valence-electron chi connectivity index (χ4n) is 2.61. The summed E-state index contributed by atoms with van der Waals surface area (Å²) in [7, 11) is 0. The minimum Gasteiger partial charge on any atom is -0.361 e. The lowest BCUT2D eigenvalue weighted by Gasteiger charge is -2.37. The molecule has 0 saturated carbocycles. The second-order valence-electron chi connectivity index (χ2n) is 4.43. The average molecular weight is 215 g/mol. The number of rotatable bonds is 1. The van der Waals surface area contributed by atoms with Crippen LogP contribution in [0.2, 0.25) is 0 Å². The fourth-order valence-corrected chi connectivity index (χ4v) is 2.61. The minimum atomic E-state index is 0.675. The van der Waals surface area contributed by atoms with Gasteiger partial charge in [-0.15, -0.1) is 0 Å². The van der Waals surface area contributed by atoms with E-state index in [1.54, 1.807) is 0 Å². The zero-order chi connectivity index (χ0) is 10.8. The summed E-state index contributed by atoms with van der Waals surface area (Å²) < 4.78 is 0.